The third-order valence-corrected chi connectivity index (χ3v) is 3.74. The van der Waals surface area contributed by atoms with Crippen molar-refractivity contribution in [3.63, 3.8) is 0 Å². The molecule has 0 aliphatic carbocycles. The molecule has 0 N–H and O–H groups in total. The van der Waals surface area contributed by atoms with Gasteiger partial charge in [-0.2, -0.15) is 11.8 Å². The minimum absolute atomic E-state index is 0.133. The zero-order valence-corrected chi connectivity index (χ0v) is 9.54. The first-order valence-corrected chi connectivity index (χ1v) is 6.32. The van der Waals surface area contributed by atoms with Crippen molar-refractivity contribution < 1.29 is 4.79 Å². The molecule has 0 radical (unpaired) electrons. The maximum atomic E-state index is 12.0. The molecule has 0 saturated carbocycles. The molecule has 1 amide bonds. The second-order valence-corrected chi connectivity index (χ2v) is 4.77. The second kappa shape index (κ2) is 4.66. The lowest BCUT2D eigenvalue weighted by molar-refractivity contribution is 0.0793. The Morgan fingerprint density at radius 1 is 1.53 bits per heavy atom. The summed E-state index contributed by atoms with van der Waals surface area (Å²) in [4.78, 5) is 17.8. The number of hydrogen-bond donors (Lipinski definition) is 0. The molecule has 80 valence electrons. The van der Waals surface area contributed by atoms with Crippen molar-refractivity contribution in [1.29, 1.82) is 0 Å². The topological polar surface area (TPSA) is 33.2 Å². The minimum atomic E-state index is 0.133. The first-order chi connectivity index (χ1) is 7.31. The average Bonchev–Trinajstić information content (AvgIpc) is 2.78. The summed E-state index contributed by atoms with van der Waals surface area (Å²) in [5.41, 5.74) is 0.742. The summed E-state index contributed by atoms with van der Waals surface area (Å²) < 4.78 is 0. The van der Waals surface area contributed by atoms with Crippen LogP contribution < -0.4 is 0 Å². The molecule has 0 spiro atoms. The van der Waals surface area contributed by atoms with E-state index in [4.69, 9.17) is 0 Å². The van der Waals surface area contributed by atoms with Crippen molar-refractivity contribution in [1.82, 2.24) is 9.88 Å². The number of thioether (sulfide) groups is 1. The monoisotopic (exact) mass is 222 g/mol. The van der Waals surface area contributed by atoms with Gasteiger partial charge in [-0.25, -0.2) is 0 Å². The lowest BCUT2D eigenvalue weighted by Crippen LogP contribution is -2.29. The Balaban J connectivity index is 2.04. The van der Waals surface area contributed by atoms with Crippen LogP contribution in [-0.4, -0.2) is 40.4 Å². The van der Waals surface area contributed by atoms with E-state index in [1.54, 1.807) is 24.5 Å². The molecule has 15 heavy (non-hydrogen) atoms. The van der Waals surface area contributed by atoms with Gasteiger partial charge in [0.05, 0.1) is 0 Å². The normalized spacial score (nSPS) is 20.6. The van der Waals surface area contributed by atoms with Crippen molar-refractivity contribution in [3.05, 3.63) is 30.1 Å². The number of carbonyl (C=O) groups is 1. The van der Waals surface area contributed by atoms with Crippen LogP contribution >= 0.6 is 11.8 Å². The highest BCUT2D eigenvalue weighted by Crippen LogP contribution is 2.21. The van der Waals surface area contributed by atoms with E-state index < -0.39 is 0 Å². The Labute approximate surface area is 93.9 Å². The molecule has 3 nitrogen and oxygen atoms in total. The van der Waals surface area contributed by atoms with Crippen molar-refractivity contribution in [2.45, 2.75) is 11.7 Å². The summed E-state index contributed by atoms with van der Waals surface area (Å²) in [6, 6.07) is 3.55. The third kappa shape index (κ3) is 2.31. The van der Waals surface area contributed by atoms with Crippen LogP contribution in [0.3, 0.4) is 0 Å². The number of hydrogen-bond acceptors (Lipinski definition) is 3. The van der Waals surface area contributed by atoms with Gasteiger partial charge in [0, 0.05) is 36.3 Å². The number of likely N-dealkylation sites (tertiary alicyclic amines) is 1. The smallest absolute Gasteiger partial charge is 0.254 e. The Morgan fingerprint density at radius 3 is 2.87 bits per heavy atom. The van der Waals surface area contributed by atoms with Crippen LogP contribution in [-0.2, 0) is 0 Å². The summed E-state index contributed by atoms with van der Waals surface area (Å²) >= 11 is 1.84. The number of carbonyl (C=O) groups excluding carboxylic acids is 1. The van der Waals surface area contributed by atoms with E-state index in [-0.39, 0.29) is 5.91 Å². The fourth-order valence-electron chi connectivity index (χ4n) is 1.78. The van der Waals surface area contributed by atoms with E-state index >= 15 is 0 Å². The summed E-state index contributed by atoms with van der Waals surface area (Å²) in [6.07, 6.45) is 6.54. The molecule has 1 aliphatic rings. The van der Waals surface area contributed by atoms with E-state index in [9.17, 15) is 4.79 Å². The average molecular weight is 222 g/mol. The molecule has 0 bridgehead atoms. The highest BCUT2D eigenvalue weighted by molar-refractivity contribution is 7.99. The van der Waals surface area contributed by atoms with Crippen LogP contribution in [0, 0.1) is 0 Å². The highest BCUT2D eigenvalue weighted by Gasteiger charge is 2.25. The van der Waals surface area contributed by atoms with Gasteiger partial charge in [-0.05, 0) is 24.8 Å². The van der Waals surface area contributed by atoms with Gasteiger partial charge in [-0.1, -0.05) is 0 Å². The number of amides is 1. The first-order valence-electron chi connectivity index (χ1n) is 5.03. The maximum absolute atomic E-state index is 12.0. The quantitative estimate of drug-likeness (QED) is 0.763. The Kier molecular flexibility index (Phi) is 3.26. The lowest BCUT2D eigenvalue weighted by Gasteiger charge is -2.15. The third-order valence-electron chi connectivity index (χ3n) is 2.69. The van der Waals surface area contributed by atoms with Crippen molar-refractivity contribution >= 4 is 17.7 Å². The molecular formula is C11H14N2OS. The maximum Gasteiger partial charge on any atom is 0.254 e. The molecule has 0 aromatic carbocycles. The zero-order valence-electron chi connectivity index (χ0n) is 8.72. The van der Waals surface area contributed by atoms with Gasteiger partial charge in [-0.15, -0.1) is 0 Å². The number of nitrogens with zero attached hydrogens (tertiary/aromatic N) is 2. The molecule has 1 saturated heterocycles. The van der Waals surface area contributed by atoms with Gasteiger partial charge in [0.2, 0.25) is 0 Å². The number of pyridine rings is 1. The summed E-state index contributed by atoms with van der Waals surface area (Å²) in [5.74, 6) is 0.133. The summed E-state index contributed by atoms with van der Waals surface area (Å²) in [5, 5.41) is 0.607. The molecule has 1 unspecified atom stereocenters. The first kappa shape index (κ1) is 10.5. The molecule has 2 heterocycles. The molecular weight excluding hydrogens is 208 g/mol. The Bertz CT molecular complexity index is 342. The highest BCUT2D eigenvalue weighted by atomic mass is 32.2. The zero-order chi connectivity index (χ0) is 10.7. The molecule has 2 rings (SSSR count). The minimum Gasteiger partial charge on any atom is -0.337 e. The van der Waals surface area contributed by atoms with Gasteiger partial charge in [0.1, 0.15) is 0 Å². The predicted molar refractivity (Wildman–Crippen MR) is 62.1 cm³/mol. The molecule has 1 aromatic heterocycles. The second-order valence-electron chi connectivity index (χ2n) is 3.63. The molecule has 1 fully saturated rings. The van der Waals surface area contributed by atoms with Gasteiger partial charge in [0.25, 0.3) is 5.91 Å². The van der Waals surface area contributed by atoms with Gasteiger partial charge in [-0.3, -0.25) is 9.78 Å². The van der Waals surface area contributed by atoms with Gasteiger partial charge >= 0.3 is 0 Å². The van der Waals surface area contributed by atoms with E-state index in [2.05, 4.69) is 11.2 Å². The van der Waals surface area contributed by atoms with Crippen LogP contribution in [0.25, 0.3) is 0 Å². The fraction of sp³-hybridized carbons (Fsp3) is 0.455. The predicted octanol–water partition coefficient (Wildman–Crippen LogP) is 1.66. The van der Waals surface area contributed by atoms with Crippen molar-refractivity contribution in [3.8, 4) is 0 Å². The Morgan fingerprint density at radius 2 is 2.27 bits per heavy atom. The summed E-state index contributed by atoms with van der Waals surface area (Å²) in [7, 11) is 0. The van der Waals surface area contributed by atoms with Crippen LogP contribution in [0.1, 0.15) is 16.8 Å². The lowest BCUT2D eigenvalue weighted by atomic mass is 10.2. The van der Waals surface area contributed by atoms with E-state index in [1.807, 2.05) is 16.7 Å². The molecule has 1 aliphatic heterocycles. The van der Waals surface area contributed by atoms with Crippen molar-refractivity contribution in [2.75, 3.05) is 19.3 Å². The number of rotatable bonds is 2. The van der Waals surface area contributed by atoms with E-state index in [0.29, 0.717) is 5.25 Å². The number of aromatic nitrogens is 1. The van der Waals surface area contributed by atoms with Crippen LogP contribution in [0.5, 0.6) is 0 Å². The molecule has 1 atom stereocenters. The molecule has 4 heteroatoms. The Hall–Kier alpha value is -1.03. The van der Waals surface area contributed by atoms with Crippen LogP contribution in [0.4, 0.5) is 0 Å². The standard InChI is InChI=1S/C11H14N2OS/c1-15-10-4-7-13(8-10)11(14)9-2-5-12-6-3-9/h2-3,5-6,10H,4,7-8H2,1H3. The van der Waals surface area contributed by atoms with E-state index in [1.165, 1.54) is 0 Å². The SMILES string of the molecule is CSC1CCN(C(=O)c2ccncc2)C1. The van der Waals surface area contributed by atoms with E-state index in [0.717, 1.165) is 25.1 Å². The van der Waals surface area contributed by atoms with Crippen molar-refractivity contribution in [2.24, 2.45) is 0 Å². The van der Waals surface area contributed by atoms with Gasteiger partial charge < -0.3 is 4.90 Å². The largest absolute Gasteiger partial charge is 0.337 e. The van der Waals surface area contributed by atoms with Crippen LogP contribution in [0.2, 0.25) is 0 Å². The fourth-order valence-corrected chi connectivity index (χ4v) is 2.45. The summed E-state index contributed by atoms with van der Waals surface area (Å²) in [6.45, 7) is 1.76. The van der Waals surface area contributed by atoms with Crippen LogP contribution in [0.15, 0.2) is 24.5 Å². The van der Waals surface area contributed by atoms with Gasteiger partial charge in [0.15, 0.2) is 0 Å². The molecule has 1 aromatic rings.